The number of carbonyl (C=O) groups excluding carboxylic acids is 1. The number of amides is 1. The quantitative estimate of drug-likeness (QED) is 0.707. The third-order valence-electron chi connectivity index (χ3n) is 3.89. The maximum absolute atomic E-state index is 11.8. The van der Waals surface area contributed by atoms with Crippen LogP contribution in [0.4, 0.5) is 0 Å². The first-order valence-corrected chi connectivity index (χ1v) is 7.93. The largest absolute Gasteiger partial charge is 0.353 e. The number of carbonyl (C=O) groups is 1. The van der Waals surface area contributed by atoms with E-state index in [1.54, 1.807) is 0 Å². The summed E-state index contributed by atoms with van der Waals surface area (Å²) in [5.74, 6) is 0.132. The molecule has 1 amide bonds. The van der Waals surface area contributed by atoms with Gasteiger partial charge in [-0.3, -0.25) is 4.79 Å². The SMILES string of the molecule is CCCCN1CCC(NC(=O)CC(N)CCC)CC1. The van der Waals surface area contributed by atoms with Gasteiger partial charge in [0.05, 0.1) is 0 Å². The molecule has 0 aliphatic carbocycles. The van der Waals surface area contributed by atoms with Crippen molar-refractivity contribution >= 4 is 5.91 Å². The van der Waals surface area contributed by atoms with Crippen molar-refractivity contribution in [2.45, 2.75) is 70.9 Å². The first-order chi connectivity index (χ1) is 9.15. The Labute approximate surface area is 118 Å². The van der Waals surface area contributed by atoms with Crippen molar-refractivity contribution in [1.29, 1.82) is 0 Å². The van der Waals surface area contributed by atoms with E-state index in [9.17, 15) is 4.79 Å². The number of nitrogens with two attached hydrogens (primary N) is 1. The molecule has 1 saturated heterocycles. The highest BCUT2D eigenvalue weighted by Crippen LogP contribution is 2.11. The van der Waals surface area contributed by atoms with E-state index < -0.39 is 0 Å². The number of piperidine rings is 1. The van der Waals surface area contributed by atoms with Crippen LogP contribution in [-0.4, -0.2) is 42.5 Å². The molecule has 3 N–H and O–H groups in total. The molecule has 112 valence electrons. The number of hydrogen-bond donors (Lipinski definition) is 2. The van der Waals surface area contributed by atoms with Gasteiger partial charge < -0.3 is 16.0 Å². The zero-order valence-electron chi connectivity index (χ0n) is 12.7. The van der Waals surface area contributed by atoms with E-state index in [0.717, 1.165) is 38.8 Å². The van der Waals surface area contributed by atoms with E-state index in [1.807, 2.05) is 0 Å². The molecule has 4 heteroatoms. The second-order valence-corrected chi connectivity index (χ2v) is 5.79. The average Bonchev–Trinajstić information content (AvgIpc) is 2.38. The highest BCUT2D eigenvalue weighted by Gasteiger charge is 2.20. The van der Waals surface area contributed by atoms with Gasteiger partial charge in [0.15, 0.2) is 0 Å². The number of nitrogens with zero attached hydrogens (tertiary/aromatic N) is 1. The molecule has 0 spiro atoms. The maximum Gasteiger partial charge on any atom is 0.221 e. The van der Waals surface area contributed by atoms with Crippen LogP contribution >= 0.6 is 0 Å². The lowest BCUT2D eigenvalue weighted by Gasteiger charge is -2.32. The molecule has 0 aromatic carbocycles. The molecule has 1 rings (SSSR count). The Bertz CT molecular complexity index is 250. The summed E-state index contributed by atoms with van der Waals surface area (Å²) in [7, 11) is 0. The molecule has 0 aromatic heterocycles. The molecule has 19 heavy (non-hydrogen) atoms. The van der Waals surface area contributed by atoms with Gasteiger partial charge in [-0.2, -0.15) is 0 Å². The van der Waals surface area contributed by atoms with Crippen LogP contribution in [-0.2, 0) is 4.79 Å². The first kappa shape index (κ1) is 16.4. The van der Waals surface area contributed by atoms with Crippen molar-refractivity contribution in [2.24, 2.45) is 5.73 Å². The van der Waals surface area contributed by atoms with E-state index in [2.05, 4.69) is 24.1 Å². The number of unbranched alkanes of at least 4 members (excludes halogenated alkanes) is 1. The fourth-order valence-electron chi connectivity index (χ4n) is 2.68. The molecule has 1 heterocycles. The van der Waals surface area contributed by atoms with Gasteiger partial charge in [0.25, 0.3) is 0 Å². The second kappa shape index (κ2) is 9.32. The van der Waals surface area contributed by atoms with Crippen molar-refractivity contribution < 1.29 is 4.79 Å². The summed E-state index contributed by atoms with van der Waals surface area (Å²) >= 11 is 0. The van der Waals surface area contributed by atoms with E-state index in [0.29, 0.717) is 12.5 Å². The normalized spacial score (nSPS) is 19.3. The molecule has 1 aliphatic heterocycles. The van der Waals surface area contributed by atoms with Gasteiger partial charge in [-0.05, 0) is 32.2 Å². The van der Waals surface area contributed by atoms with Crippen molar-refractivity contribution in [3.8, 4) is 0 Å². The van der Waals surface area contributed by atoms with Crippen LogP contribution in [0, 0.1) is 0 Å². The number of hydrogen-bond acceptors (Lipinski definition) is 3. The minimum atomic E-state index is 0.0228. The average molecular weight is 269 g/mol. The van der Waals surface area contributed by atoms with Crippen molar-refractivity contribution in [2.75, 3.05) is 19.6 Å². The fourth-order valence-corrected chi connectivity index (χ4v) is 2.68. The van der Waals surface area contributed by atoms with Gasteiger partial charge in [-0.15, -0.1) is 0 Å². The van der Waals surface area contributed by atoms with Gasteiger partial charge in [-0.1, -0.05) is 26.7 Å². The monoisotopic (exact) mass is 269 g/mol. The molecule has 0 aromatic rings. The molecule has 1 atom stereocenters. The minimum absolute atomic E-state index is 0.0228. The van der Waals surface area contributed by atoms with Crippen LogP contribution in [0.25, 0.3) is 0 Å². The van der Waals surface area contributed by atoms with Crippen LogP contribution in [0.15, 0.2) is 0 Å². The summed E-state index contributed by atoms with van der Waals surface area (Å²) in [5, 5.41) is 3.14. The van der Waals surface area contributed by atoms with Crippen molar-refractivity contribution in [3.63, 3.8) is 0 Å². The summed E-state index contributed by atoms with van der Waals surface area (Å²) in [5.41, 5.74) is 5.90. The third-order valence-corrected chi connectivity index (χ3v) is 3.89. The number of nitrogens with one attached hydrogen (secondary N) is 1. The lowest BCUT2D eigenvalue weighted by atomic mass is 10.0. The Kier molecular flexibility index (Phi) is 8.07. The summed E-state index contributed by atoms with van der Waals surface area (Å²) in [6.45, 7) is 7.77. The zero-order valence-corrected chi connectivity index (χ0v) is 12.7. The Hall–Kier alpha value is -0.610. The highest BCUT2D eigenvalue weighted by atomic mass is 16.1. The van der Waals surface area contributed by atoms with E-state index in [1.165, 1.54) is 19.4 Å². The van der Waals surface area contributed by atoms with Crippen LogP contribution in [0.1, 0.15) is 58.8 Å². The maximum atomic E-state index is 11.8. The Morgan fingerprint density at radius 2 is 2.00 bits per heavy atom. The van der Waals surface area contributed by atoms with Gasteiger partial charge in [0.1, 0.15) is 0 Å². The molecule has 1 unspecified atom stereocenters. The standard InChI is InChI=1S/C15H31N3O/c1-3-5-9-18-10-7-14(8-11-18)17-15(19)12-13(16)6-4-2/h13-14H,3-12,16H2,1-2H3,(H,17,19). The predicted octanol–water partition coefficient (Wildman–Crippen LogP) is 1.88. The molecule has 1 fully saturated rings. The predicted molar refractivity (Wildman–Crippen MR) is 80.0 cm³/mol. The second-order valence-electron chi connectivity index (χ2n) is 5.79. The molecule has 4 nitrogen and oxygen atoms in total. The minimum Gasteiger partial charge on any atom is -0.353 e. The topological polar surface area (TPSA) is 58.4 Å². The smallest absolute Gasteiger partial charge is 0.221 e. The van der Waals surface area contributed by atoms with E-state index in [4.69, 9.17) is 5.73 Å². The summed E-state index contributed by atoms with van der Waals surface area (Å²) in [6, 6.07) is 0.383. The number of rotatable bonds is 8. The van der Waals surface area contributed by atoms with Crippen LogP contribution in [0.3, 0.4) is 0 Å². The van der Waals surface area contributed by atoms with Gasteiger partial charge >= 0.3 is 0 Å². The molecule has 0 bridgehead atoms. The molecule has 0 saturated carbocycles. The van der Waals surface area contributed by atoms with Crippen LogP contribution in [0.2, 0.25) is 0 Å². The summed E-state index contributed by atoms with van der Waals surface area (Å²) < 4.78 is 0. The van der Waals surface area contributed by atoms with E-state index in [-0.39, 0.29) is 11.9 Å². The zero-order chi connectivity index (χ0) is 14.1. The van der Waals surface area contributed by atoms with Gasteiger partial charge in [0.2, 0.25) is 5.91 Å². The third kappa shape index (κ3) is 6.92. The lowest BCUT2D eigenvalue weighted by molar-refractivity contribution is -0.122. The number of likely N-dealkylation sites (tertiary alicyclic amines) is 1. The van der Waals surface area contributed by atoms with E-state index >= 15 is 0 Å². The van der Waals surface area contributed by atoms with Crippen LogP contribution in [0.5, 0.6) is 0 Å². The summed E-state index contributed by atoms with van der Waals surface area (Å²) in [4.78, 5) is 14.4. The van der Waals surface area contributed by atoms with Gasteiger partial charge in [0, 0.05) is 31.6 Å². The first-order valence-electron chi connectivity index (χ1n) is 7.93. The Morgan fingerprint density at radius 1 is 1.32 bits per heavy atom. The van der Waals surface area contributed by atoms with Crippen molar-refractivity contribution in [3.05, 3.63) is 0 Å². The Balaban J connectivity index is 2.16. The highest BCUT2D eigenvalue weighted by molar-refractivity contribution is 5.76. The molecule has 1 aliphatic rings. The molecular weight excluding hydrogens is 238 g/mol. The Morgan fingerprint density at radius 3 is 2.58 bits per heavy atom. The van der Waals surface area contributed by atoms with Gasteiger partial charge in [-0.25, -0.2) is 0 Å². The molecular formula is C15H31N3O. The lowest BCUT2D eigenvalue weighted by Crippen LogP contribution is -2.45. The summed E-state index contributed by atoms with van der Waals surface area (Å²) in [6.07, 6.45) is 7.16. The van der Waals surface area contributed by atoms with Crippen LogP contribution < -0.4 is 11.1 Å². The molecule has 0 radical (unpaired) electrons. The van der Waals surface area contributed by atoms with Crippen molar-refractivity contribution in [1.82, 2.24) is 10.2 Å². The fraction of sp³-hybridized carbons (Fsp3) is 0.933.